The molecule has 1 fully saturated rings. The third kappa shape index (κ3) is 6.44. The van der Waals surface area contributed by atoms with E-state index in [4.69, 9.17) is 11.6 Å². The van der Waals surface area contributed by atoms with Gasteiger partial charge in [-0.2, -0.15) is 0 Å². The molecule has 3 rings (SSSR count). The van der Waals surface area contributed by atoms with E-state index in [0.29, 0.717) is 36.5 Å². The smallest absolute Gasteiger partial charge is 0.244 e. The predicted octanol–water partition coefficient (Wildman–Crippen LogP) is 3.58. The van der Waals surface area contributed by atoms with Crippen molar-refractivity contribution >= 4 is 29.5 Å². The molecule has 1 aliphatic heterocycles. The summed E-state index contributed by atoms with van der Waals surface area (Å²) in [5.74, 6) is -0.210. The van der Waals surface area contributed by atoms with Crippen LogP contribution in [0.3, 0.4) is 0 Å². The van der Waals surface area contributed by atoms with Crippen LogP contribution in [0.5, 0.6) is 0 Å². The van der Waals surface area contributed by atoms with Crippen LogP contribution in [0.25, 0.3) is 6.08 Å². The predicted molar refractivity (Wildman–Crippen MR) is 114 cm³/mol. The molecular formula is C23H25ClN2O3. The van der Waals surface area contributed by atoms with Crippen LogP contribution < -0.4 is 5.32 Å². The summed E-state index contributed by atoms with van der Waals surface area (Å²) in [5.41, 5.74) is 1.65. The van der Waals surface area contributed by atoms with Crippen molar-refractivity contribution in [2.75, 3.05) is 13.1 Å². The topological polar surface area (TPSA) is 69.6 Å². The summed E-state index contributed by atoms with van der Waals surface area (Å²) in [4.78, 5) is 26.3. The fourth-order valence-electron chi connectivity index (χ4n) is 3.36. The molecule has 5 nitrogen and oxygen atoms in total. The number of piperidine rings is 1. The summed E-state index contributed by atoms with van der Waals surface area (Å²) >= 11 is 5.85. The SMILES string of the molecule is O=C(/C=C/c1ccccc1)NC1CCN(C(=O)CC(O)c2ccc(Cl)cc2)CC1. The number of likely N-dealkylation sites (tertiary alicyclic amines) is 1. The molecule has 1 saturated heterocycles. The number of halogens is 1. The normalized spacial score (nSPS) is 16.0. The Morgan fingerprint density at radius 3 is 2.41 bits per heavy atom. The van der Waals surface area contributed by atoms with E-state index in [-0.39, 0.29) is 24.3 Å². The quantitative estimate of drug-likeness (QED) is 0.712. The average Bonchev–Trinajstić information content (AvgIpc) is 2.74. The summed E-state index contributed by atoms with van der Waals surface area (Å²) in [6.45, 7) is 1.14. The van der Waals surface area contributed by atoms with Crippen LogP contribution in [-0.4, -0.2) is 41.0 Å². The largest absolute Gasteiger partial charge is 0.388 e. The minimum Gasteiger partial charge on any atom is -0.388 e. The second-order valence-electron chi connectivity index (χ2n) is 7.18. The Labute approximate surface area is 176 Å². The van der Waals surface area contributed by atoms with E-state index in [0.717, 1.165) is 5.56 Å². The summed E-state index contributed by atoms with van der Waals surface area (Å²) in [5, 5.41) is 13.9. The first kappa shape index (κ1) is 21.1. The standard InChI is InChI=1S/C23H25ClN2O3/c24-19-9-7-18(8-10-19)21(27)16-23(29)26-14-12-20(13-15-26)25-22(28)11-6-17-4-2-1-3-5-17/h1-11,20-21,27H,12-16H2,(H,25,28)/b11-6+. The van der Waals surface area contributed by atoms with E-state index in [2.05, 4.69) is 5.32 Å². The van der Waals surface area contributed by atoms with Crippen LogP contribution in [0.4, 0.5) is 0 Å². The van der Waals surface area contributed by atoms with Crippen molar-refractivity contribution in [1.29, 1.82) is 0 Å². The highest BCUT2D eigenvalue weighted by molar-refractivity contribution is 6.30. The maximum atomic E-state index is 12.5. The molecule has 1 unspecified atom stereocenters. The number of benzene rings is 2. The van der Waals surface area contributed by atoms with Gasteiger partial charge in [-0.3, -0.25) is 9.59 Å². The third-order valence-corrected chi connectivity index (χ3v) is 5.30. The van der Waals surface area contributed by atoms with Crippen molar-refractivity contribution in [2.24, 2.45) is 0 Å². The van der Waals surface area contributed by atoms with Crippen LogP contribution >= 0.6 is 11.6 Å². The number of rotatable bonds is 6. The van der Waals surface area contributed by atoms with Crippen LogP contribution in [-0.2, 0) is 9.59 Å². The Bertz CT molecular complexity index is 844. The van der Waals surface area contributed by atoms with Gasteiger partial charge in [0.1, 0.15) is 0 Å². The lowest BCUT2D eigenvalue weighted by atomic mass is 10.0. The van der Waals surface area contributed by atoms with Gasteiger partial charge in [-0.15, -0.1) is 0 Å². The van der Waals surface area contributed by atoms with E-state index in [1.54, 1.807) is 35.2 Å². The van der Waals surface area contributed by atoms with Gasteiger partial charge < -0.3 is 15.3 Å². The lowest BCUT2D eigenvalue weighted by molar-refractivity contribution is -0.134. The lowest BCUT2D eigenvalue weighted by Gasteiger charge is -2.32. The van der Waals surface area contributed by atoms with Crippen LogP contribution in [0.2, 0.25) is 5.02 Å². The first-order valence-corrected chi connectivity index (χ1v) is 10.1. The molecule has 0 spiro atoms. The first-order valence-electron chi connectivity index (χ1n) is 9.76. The molecular weight excluding hydrogens is 388 g/mol. The van der Waals surface area contributed by atoms with Crippen molar-refractivity contribution in [3.63, 3.8) is 0 Å². The lowest BCUT2D eigenvalue weighted by Crippen LogP contribution is -2.46. The molecule has 0 radical (unpaired) electrons. The molecule has 6 heteroatoms. The number of aliphatic hydroxyl groups is 1. The molecule has 29 heavy (non-hydrogen) atoms. The fraction of sp³-hybridized carbons (Fsp3) is 0.304. The molecule has 2 N–H and O–H groups in total. The zero-order valence-corrected chi connectivity index (χ0v) is 16.9. The summed E-state index contributed by atoms with van der Waals surface area (Å²) in [7, 11) is 0. The van der Waals surface area contributed by atoms with Crippen molar-refractivity contribution in [2.45, 2.75) is 31.4 Å². The molecule has 0 saturated carbocycles. The van der Waals surface area contributed by atoms with Gasteiger partial charge >= 0.3 is 0 Å². The Kier molecular flexibility index (Phi) is 7.44. The van der Waals surface area contributed by atoms with E-state index >= 15 is 0 Å². The van der Waals surface area contributed by atoms with Gasteiger partial charge in [0.05, 0.1) is 12.5 Å². The van der Waals surface area contributed by atoms with Gasteiger partial charge in [-0.25, -0.2) is 0 Å². The molecule has 2 amide bonds. The molecule has 0 bridgehead atoms. The van der Waals surface area contributed by atoms with Gasteiger partial charge in [0.25, 0.3) is 0 Å². The number of carbonyl (C=O) groups excluding carboxylic acids is 2. The maximum Gasteiger partial charge on any atom is 0.244 e. The van der Waals surface area contributed by atoms with Gasteiger partial charge in [0.15, 0.2) is 0 Å². The van der Waals surface area contributed by atoms with Crippen molar-refractivity contribution in [1.82, 2.24) is 10.2 Å². The highest BCUT2D eigenvalue weighted by Gasteiger charge is 2.25. The average molecular weight is 413 g/mol. The Morgan fingerprint density at radius 2 is 1.76 bits per heavy atom. The minimum atomic E-state index is -0.847. The monoisotopic (exact) mass is 412 g/mol. The zero-order valence-electron chi connectivity index (χ0n) is 16.1. The number of nitrogens with zero attached hydrogens (tertiary/aromatic N) is 1. The van der Waals surface area contributed by atoms with Crippen molar-refractivity contribution < 1.29 is 14.7 Å². The molecule has 0 aromatic heterocycles. The van der Waals surface area contributed by atoms with Gasteiger partial charge in [-0.1, -0.05) is 54.1 Å². The molecule has 0 aliphatic carbocycles. The van der Waals surface area contributed by atoms with E-state index < -0.39 is 6.10 Å². The molecule has 2 aromatic rings. The second kappa shape index (κ2) is 10.2. The summed E-state index contributed by atoms with van der Waals surface area (Å²) < 4.78 is 0. The first-order chi connectivity index (χ1) is 14.0. The summed E-state index contributed by atoms with van der Waals surface area (Å²) in [6, 6.07) is 16.6. The molecule has 152 valence electrons. The van der Waals surface area contributed by atoms with E-state index in [1.807, 2.05) is 30.3 Å². The summed E-state index contributed by atoms with van der Waals surface area (Å²) in [6.07, 6.45) is 3.92. The maximum absolute atomic E-state index is 12.5. The zero-order chi connectivity index (χ0) is 20.6. The third-order valence-electron chi connectivity index (χ3n) is 5.04. The second-order valence-corrected chi connectivity index (χ2v) is 7.62. The van der Waals surface area contributed by atoms with E-state index in [1.165, 1.54) is 6.08 Å². The number of carbonyl (C=O) groups is 2. The number of amides is 2. The van der Waals surface area contributed by atoms with Crippen molar-refractivity contribution in [3.8, 4) is 0 Å². The molecule has 1 atom stereocenters. The van der Waals surface area contributed by atoms with Crippen LogP contribution in [0.15, 0.2) is 60.7 Å². The Morgan fingerprint density at radius 1 is 1.10 bits per heavy atom. The highest BCUT2D eigenvalue weighted by atomic mass is 35.5. The Hall–Kier alpha value is -2.63. The fourth-order valence-corrected chi connectivity index (χ4v) is 3.48. The molecule has 1 heterocycles. The van der Waals surface area contributed by atoms with E-state index in [9.17, 15) is 14.7 Å². The minimum absolute atomic E-state index is 0.0402. The highest BCUT2D eigenvalue weighted by Crippen LogP contribution is 2.21. The van der Waals surface area contributed by atoms with Gasteiger partial charge in [0, 0.05) is 30.2 Å². The van der Waals surface area contributed by atoms with Gasteiger partial charge in [-0.05, 0) is 42.2 Å². The molecule has 1 aliphatic rings. The van der Waals surface area contributed by atoms with Crippen LogP contribution in [0, 0.1) is 0 Å². The van der Waals surface area contributed by atoms with Crippen molar-refractivity contribution in [3.05, 3.63) is 76.8 Å². The van der Waals surface area contributed by atoms with Gasteiger partial charge in [0.2, 0.25) is 11.8 Å². The number of nitrogens with one attached hydrogen (secondary N) is 1. The molecule has 2 aromatic carbocycles. The number of aliphatic hydroxyl groups excluding tert-OH is 1. The number of hydrogen-bond acceptors (Lipinski definition) is 3. The van der Waals surface area contributed by atoms with Crippen LogP contribution in [0.1, 0.15) is 36.5 Å². The number of hydrogen-bond donors (Lipinski definition) is 2. The Balaban J connectivity index is 1.42.